The number of carbonyl (C=O) groups excluding carboxylic acids is 1. The van der Waals surface area contributed by atoms with Gasteiger partial charge in [-0.3, -0.25) is 9.69 Å². The maximum atomic E-state index is 11.9. The van der Waals surface area contributed by atoms with Gasteiger partial charge in [-0.25, -0.2) is 0 Å². The second-order valence-electron chi connectivity index (χ2n) is 4.39. The summed E-state index contributed by atoms with van der Waals surface area (Å²) < 4.78 is 0. The fraction of sp³-hybridized carbons (Fsp3) is 0.267. The van der Waals surface area contributed by atoms with Crippen LogP contribution in [0, 0.1) is 6.92 Å². The number of aryl methyl sites for hydroxylation is 1. The summed E-state index contributed by atoms with van der Waals surface area (Å²) in [6.07, 6.45) is 3.53. The Morgan fingerprint density at radius 3 is 2.53 bits per heavy atom. The van der Waals surface area contributed by atoms with Crippen LogP contribution in [0.25, 0.3) is 0 Å². The van der Waals surface area contributed by atoms with Crippen molar-refractivity contribution in [1.29, 1.82) is 0 Å². The van der Waals surface area contributed by atoms with E-state index in [9.17, 15) is 4.79 Å². The fourth-order valence-electron chi connectivity index (χ4n) is 1.69. The second-order valence-corrected chi connectivity index (χ2v) is 4.39. The van der Waals surface area contributed by atoms with Gasteiger partial charge in [-0.2, -0.15) is 0 Å². The first-order chi connectivity index (χ1) is 9.06. The van der Waals surface area contributed by atoms with Crippen molar-refractivity contribution >= 4 is 17.3 Å². The quantitative estimate of drug-likeness (QED) is 0.583. The molecule has 0 aromatic heterocycles. The van der Waals surface area contributed by atoms with Crippen molar-refractivity contribution in [2.45, 2.75) is 6.92 Å². The minimum absolute atomic E-state index is 0.0769. The summed E-state index contributed by atoms with van der Waals surface area (Å²) in [7, 11) is 0. The van der Waals surface area contributed by atoms with Crippen LogP contribution in [-0.2, 0) is 4.79 Å². The minimum atomic E-state index is -0.0769. The van der Waals surface area contributed by atoms with Gasteiger partial charge >= 0.3 is 0 Å². The predicted octanol–water partition coefficient (Wildman–Crippen LogP) is 2.19. The Hall–Kier alpha value is -2.07. The van der Waals surface area contributed by atoms with Gasteiger partial charge < -0.3 is 11.1 Å². The number of nitrogens with two attached hydrogens (primary N) is 1. The third kappa shape index (κ3) is 4.97. The lowest BCUT2D eigenvalue weighted by Gasteiger charge is -2.18. The number of amides is 1. The summed E-state index contributed by atoms with van der Waals surface area (Å²) in [5.41, 5.74) is 8.19. The van der Waals surface area contributed by atoms with Crippen LogP contribution in [0.3, 0.4) is 0 Å². The van der Waals surface area contributed by atoms with E-state index in [1.165, 1.54) is 0 Å². The zero-order chi connectivity index (χ0) is 14.3. The highest BCUT2D eigenvalue weighted by atomic mass is 16.2. The van der Waals surface area contributed by atoms with E-state index in [0.29, 0.717) is 31.0 Å². The molecular weight excluding hydrogens is 238 g/mol. The molecule has 1 aromatic rings. The first kappa shape index (κ1) is 15.0. The Labute approximate surface area is 114 Å². The molecule has 0 aliphatic rings. The van der Waals surface area contributed by atoms with Gasteiger partial charge in [0.2, 0.25) is 5.91 Å². The second kappa shape index (κ2) is 7.38. The Bertz CT molecular complexity index is 458. The molecule has 1 aromatic carbocycles. The predicted molar refractivity (Wildman–Crippen MR) is 81.1 cm³/mol. The number of nitrogen functional groups attached to an aromatic ring is 1. The summed E-state index contributed by atoms with van der Waals surface area (Å²) in [5.74, 6) is -0.0769. The van der Waals surface area contributed by atoms with Crippen LogP contribution >= 0.6 is 0 Å². The van der Waals surface area contributed by atoms with E-state index in [2.05, 4.69) is 18.5 Å². The van der Waals surface area contributed by atoms with E-state index in [0.717, 1.165) is 5.56 Å². The largest absolute Gasteiger partial charge is 0.398 e. The van der Waals surface area contributed by atoms with Gasteiger partial charge in [-0.15, -0.1) is 13.2 Å². The number of anilines is 2. The summed E-state index contributed by atoms with van der Waals surface area (Å²) >= 11 is 0. The van der Waals surface area contributed by atoms with Crippen molar-refractivity contribution in [1.82, 2.24) is 4.90 Å². The van der Waals surface area contributed by atoms with Crippen LogP contribution in [0.15, 0.2) is 43.5 Å². The van der Waals surface area contributed by atoms with Crippen molar-refractivity contribution in [3.05, 3.63) is 49.1 Å². The first-order valence-electron chi connectivity index (χ1n) is 6.17. The standard InChI is InChI=1S/C15H21N3O/c1-4-8-18(9-5-2)11-15(19)17-13-7-6-12(3)14(16)10-13/h4-7,10H,1-2,8-9,11,16H2,3H3,(H,17,19). The Kier molecular flexibility index (Phi) is 5.82. The molecule has 0 aliphatic heterocycles. The maximum absolute atomic E-state index is 11.9. The smallest absolute Gasteiger partial charge is 0.238 e. The van der Waals surface area contributed by atoms with Gasteiger partial charge in [-0.1, -0.05) is 18.2 Å². The molecule has 3 N–H and O–H groups in total. The number of hydrogen-bond donors (Lipinski definition) is 2. The fourth-order valence-corrected chi connectivity index (χ4v) is 1.69. The third-order valence-electron chi connectivity index (χ3n) is 2.70. The highest BCUT2D eigenvalue weighted by Crippen LogP contribution is 2.16. The molecule has 0 unspecified atom stereocenters. The normalized spacial score (nSPS) is 10.2. The van der Waals surface area contributed by atoms with Gasteiger partial charge in [0.1, 0.15) is 0 Å². The van der Waals surface area contributed by atoms with Gasteiger partial charge in [-0.05, 0) is 24.6 Å². The van der Waals surface area contributed by atoms with Crippen LogP contribution < -0.4 is 11.1 Å². The molecule has 4 nitrogen and oxygen atoms in total. The average Bonchev–Trinajstić information content (AvgIpc) is 2.34. The molecule has 0 atom stereocenters. The van der Waals surface area contributed by atoms with Crippen molar-refractivity contribution in [3.8, 4) is 0 Å². The number of rotatable bonds is 7. The van der Waals surface area contributed by atoms with Gasteiger partial charge in [0.15, 0.2) is 0 Å². The molecule has 0 bridgehead atoms. The van der Waals surface area contributed by atoms with Crippen molar-refractivity contribution in [3.63, 3.8) is 0 Å². The molecule has 0 heterocycles. The zero-order valence-corrected chi connectivity index (χ0v) is 11.4. The molecule has 0 aliphatic carbocycles. The van der Waals surface area contributed by atoms with Gasteiger partial charge in [0.25, 0.3) is 0 Å². The third-order valence-corrected chi connectivity index (χ3v) is 2.70. The van der Waals surface area contributed by atoms with Crippen molar-refractivity contribution in [2.75, 3.05) is 30.7 Å². The summed E-state index contributed by atoms with van der Waals surface area (Å²) in [5, 5.41) is 2.83. The molecule has 0 saturated carbocycles. The number of nitrogens with one attached hydrogen (secondary N) is 1. The maximum Gasteiger partial charge on any atom is 0.238 e. The van der Waals surface area contributed by atoms with E-state index < -0.39 is 0 Å². The van der Waals surface area contributed by atoms with E-state index in [1.807, 2.05) is 24.0 Å². The van der Waals surface area contributed by atoms with E-state index >= 15 is 0 Å². The molecule has 4 heteroatoms. The lowest BCUT2D eigenvalue weighted by Crippen LogP contribution is -2.33. The lowest BCUT2D eigenvalue weighted by atomic mass is 10.2. The van der Waals surface area contributed by atoms with Gasteiger partial charge in [0, 0.05) is 24.5 Å². The Morgan fingerprint density at radius 2 is 2.00 bits per heavy atom. The van der Waals surface area contributed by atoms with Crippen LogP contribution in [0.4, 0.5) is 11.4 Å². The van der Waals surface area contributed by atoms with Crippen LogP contribution in [0.2, 0.25) is 0 Å². The minimum Gasteiger partial charge on any atom is -0.398 e. The summed E-state index contributed by atoms with van der Waals surface area (Å²) in [4.78, 5) is 13.8. The van der Waals surface area contributed by atoms with E-state index in [4.69, 9.17) is 5.73 Å². The molecule has 19 heavy (non-hydrogen) atoms. The van der Waals surface area contributed by atoms with Crippen molar-refractivity contribution < 1.29 is 4.79 Å². The van der Waals surface area contributed by atoms with Crippen LogP contribution in [0.5, 0.6) is 0 Å². The summed E-state index contributed by atoms with van der Waals surface area (Å²) in [6.45, 7) is 10.9. The molecule has 0 saturated heterocycles. The average molecular weight is 259 g/mol. The Balaban J connectivity index is 2.60. The molecule has 0 spiro atoms. The molecule has 1 amide bonds. The summed E-state index contributed by atoms with van der Waals surface area (Å²) in [6, 6.07) is 5.49. The van der Waals surface area contributed by atoms with Gasteiger partial charge in [0.05, 0.1) is 6.54 Å². The molecular formula is C15H21N3O. The SMILES string of the molecule is C=CCN(CC=C)CC(=O)Nc1ccc(C)c(N)c1. The van der Waals surface area contributed by atoms with Crippen LogP contribution in [0.1, 0.15) is 5.56 Å². The van der Waals surface area contributed by atoms with Crippen molar-refractivity contribution in [2.24, 2.45) is 0 Å². The number of hydrogen-bond acceptors (Lipinski definition) is 3. The number of nitrogens with zero attached hydrogens (tertiary/aromatic N) is 1. The molecule has 0 radical (unpaired) electrons. The topological polar surface area (TPSA) is 58.4 Å². The Morgan fingerprint density at radius 1 is 1.37 bits per heavy atom. The highest BCUT2D eigenvalue weighted by molar-refractivity contribution is 5.92. The molecule has 1 rings (SSSR count). The number of benzene rings is 1. The first-order valence-corrected chi connectivity index (χ1v) is 6.17. The zero-order valence-electron chi connectivity index (χ0n) is 11.4. The van der Waals surface area contributed by atoms with E-state index in [-0.39, 0.29) is 5.91 Å². The van der Waals surface area contributed by atoms with Crippen LogP contribution in [-0.4, -0.2) is 30.4 Å². The van der Waals surface area contributed by atoms with E-state index in [1.54, 1.807) is 18.2 Å². The molecule has 102 valence electrons. The number of carbonyl (C=O) groups is 1. The lowest BCUT2D eigenvalue weighted by molar-refractivity contribution is -0.117. The highest BCUT2D eigenvalue weighted by Gasteiger charge is 2.08. The molecule has 0 fully saturated rings. The monoisotopic (exact) mass is 259 g/mol.